The van der Waals surface area contributed by atoms with Crippen LogP contribution in [0.5, 0.6) is 5.75 Å². The number of hydrogen-bond acceptors (Lipinski definition) is 5. The SMILES string of the molecule is Cc1nc(CNc2cccc(OCCN(C)C)c2)cs1. The van der Waals surface area contributed by atoms with Crippen LogP contribution < -0.4 is 10.1 Å². The quantitative estimate of drug-likeness (QED) is 0.851. The predicted octanol–water partition coefficient (Wildman–Crippen LogP) is 3.00. The Morgan fingerprint density at radius 2 is 2.20 bits per heavy atom. The van der Waals surface area contributed by atoms with Crippen molar-refractivity contribution in [1.82, 2.24) is 9.88 Å². The maximum Gasteiger partial charge on any atom is 0.121 e. The van der Waals surface area contributed by atoms with Gasteiger partial charge >= 0.3 is 0 Å². The molecule has 0 aliphatic carbocycles. The summed E-state index contributed by atoms with van der Waals surface area (Å²) in [6, 6.07) is 8.04. The first-order valence-electron chi connectivity index (χ1n) is 6.66. The fourth-order valence-corrected chi connectivity index (χ4v) is 2.34. The van der Waals surface area contributed by atoms with Crippen molar-refractivity contribution in [2.24, 2.45) is 0 Å². The van der Waals surface area contributed by atoms with Crippen LogP contribution in [0.1, 0.15) is 10.7 Å². The molecule has 0 saturated carbocycles. The summed E-state index contributed by atoms with van der Waals surface area (Å²) in [4.78, 5) is 6.54. The lowest BCUT2D eigenvalue weighted by Crippen LogP contribution is -2.19. The molecule has 0 spiro atoms. The van der Waals surface area contributed by atoms with Crippen LogP contribution in [-0.4, -0.2) is 37.1 Å². The molecule has 0 unspecified atom stereocenters. The zero-order valence-electron chi connectivity index (χ0n) is 12.2. The van der Waals surface area contributed by atoms with Crippen molar-refractivity contribution < 1.29 is 4.74 Å². The number of aryl methyl sites for hydroxylation is 1. The van der Waals surface area contributed by atoms with Crippen molar-refractivity contribution in [2.75, 3.05) is 32.6 Å². The lowest BCUT2D eigenvalue weighted by atomic mass is 10.3. The topological polar surface area (TPSA) is 37.4 Å². The van der Waals surface area contributed by atoms with Crippen LogP contribution in [0, 0.1) is 6.92 Å². The van der Waals surface area contributed by atoms with Crippen LogP contribution in [0.15, 0.2) is 29.6 Å². The molecule has 0 aliphatic rings. The number of ether oxygens (including phenoxy) is 1. The smallest absolute Gasteiger partial charge is 0.121 e. The average Bonchev–Trinajstić information content (AvgIpc) is 2.82. The second kappa shape index (κ2) is 7.26. The maximum atomic E-state index is 5.72. The van der Waals surface area contributed by atoms with E-state index in [0.29, 0.717) is 6.61 Å². The van der Waals surface area contributed by atoms with Gasteiger partial charge in [0.05, 0.1) is 17.2 Å². The summed E-state index contributed by atoms with van der Waals surface area (Å²) >= 11 is 1.68. The van der Waals surface area contributed by atoms with Crippen molar-refractivity contribution in [3.8, 4) is 5.75 Å². The first kappa shape index (κ1) is 14.8. The molecule has 0 amide bonds. The van der Waals surface area contributed by atoms with Crippen molar-refractivity contribution >= 4 is 17.0 Å². The van der Waals surface area contributed by atoms with Gasteiger partial charge in [-0.1, -0.05) is 6.07 Å². The Labute approximate surface area is 124 Å². The van der Waals surface area contributed by atoms with E-state index in [2.05, 4.69) is 20.6 Å². The molecule has 0 radical (unpaired) electrons. The Morgan fingerprint density at radius 1 is 1.35 bits per heavy atom. The third kappa shape index (κ3) is 4.83. The molecule has 0 aliphatic heterocycles. The molecule has 1 N–H and O–H groups in total. The minimum atomic E-state index is 0.696. The van der Waals surface area contributed by atoms with Gasteiger partial charge in [-0.25, -0.2) is 4.98 Å². The van der Waals surface area contributed by atoms with Crippen LogP contribution in [-0.2, 0) is 6.54 Å². The number of nitrogens with one attached hydrogen (secondary N) is 1. The zero-order chi connectivity index (χ0) is 14.4. The number of aromatic nitrogens is 1. The van der Waals surface area contributed by atoms with Crippen LogP contribution >= 0.6 is 11.3 Å². The molecule has 108 valence electrons. The van der Waals surface area contributed by atoms with Crippen LogP contribution in [0.3, 0.4) is 0 Å². The molecule has 1 aromatic heterocycles. The molecule has 1 heterocycles. The van der Waals surface area contributed by atoms with E-state index in [9.17, 15) is 0 Å². The minimum absolute atomic E-state index is 0.696. The Bertz CT molecular complexity index is 539. The summed E-state index contributed by atoms with van der Waals surface area (Å²) in [6.45, 7) is 4.37. The fraction of sp³-hybridized carbons (Fsp3) is 0.400. The summed E-state index contributed by atoms with van der Waals surface area (Å²) in [7, 11) is 4.08. The Hall–Kier alpha value is -1.59. The number of thiazole rings is 1. The molecular weight excluding hydrogens is 270 g/mol. The fourth-order valence-electron chi connectivity index (χ4n) is 1.72. The first-order valence-corrected chi connectivity index (χ1v) is 7.54. The maximum absolute atomic E-state index is 5.72. The lowest BCUT2D eigenvalue weighted by Gasteiger charge is -2.12. The summed E-state index contributed by atoms with van der Waals surface area (Å²) in [5.41, 5.74) is 2.13. The molecule has 1 aromatic carbocycles. The third-order valence-electron chi connectivity index (χ3n) is 2.78. The molecular formula is C15H21N3OS. The van der Waals surface area contributed by atoms with Gasteiger partial charge in [-0.2, -0.15) is 0 Å². The van der Waals surface area contributed by atoms with Gasteiger partial charge in [0.2, 0.25) is 0 Å². The van der Waals surface area contributed by atoms with E-state index in [4.69, 9.17) is 4.74 Å². The van der Waals surface area contributed by atoms with Crippen LogP contribution in [0.2, 0.25) is 0 Å². The highest BCUT2D eigenvalue weighted by atomic mass is 32.1. The number of likely N-dealkylation sites (N-methyl/N-ethyl adjacent to an activating group) is 1. The lowest BCUT2D eigenvalue weighted by molar-refractivity contribution is 0.261. The van der Waals surface area contributed by atoms with Crippen LogP contribution in [0.25, 0.3) is 0 Å². The van der Waals surface area contributed by atoms with Crippen molar-refractivity contribution in [2.45, 2.75) is 13.5 Å². The monoisotopic (exact) mass is 291 g/mol. The average molecular weight is 291 g/mol. The standard InChI is InChI=1S/C15H21N3OS/c1-12-17-14(11-20-12)10-16-13-5-4-6-15(9-13)19-8-7-18(2)3/h4-6,9,11,16H,7-8,10H2,1-3H3. The van der Waals surface area contributed by atoms with Crippen molar-refractivity contribution in [3.63, 3.8) is 0 Å². The van der Waals surface area contributed by atoms with Crippen molar-refractivity contribution in [1.29, 1.82) is 0 Å². The van der Waals surface area contributed by atoms with Gasteiger partial charge in [-0.15, -0.1) is 11.3 Å². The van der Waals surface area contributed by atoms with E-state index in [0.717, 1.165) is 35.2 Å². The van der Waals surface area contributed by atoms with E-state index in [1.54, 1.807) is 11.3 Å². The van der Waals surface area contributed by atoms with E-state index in [-0.39, 0.29) is 0 Å². The number of anilines is 1. The number of rotatable bonds is 7. The van der Waals surface area contributed by atoms with Gasteiger partial charge in [0.1, 0.15) is 12.4 Å². The van der Waals surface area contributed by atoms with E-state index in [1.165, 1.54) is 0 Å². The largest absolute Gasteiger partial charge is 0.492 e. The third-order valence-corrected chi connectivity index (χ3v) is 3.60. The number of benzene rings is 1. The number of nitrogens with zero attached hydrogens (tertiary/aromatic N) is 2. The number of hydrogen-bond donors (Lipinski definition) is 1. The molecule has 0 atom stereocenters. The molecule has 2 aromatic rings. The summed E-state index contributed by atoms with van der Waals surface area (Å²) in [5.74, 6) is 0.895. The van der Waals surface area contributed by atoms with Crippen LogP contribution in [0.4, 0.5) is 5.69 Å². The van der Waals surface area contributed by atoms with Crippen molar-refractivity contribution in [3.05, 3.63) is 40.3 Å². The molecule has 0 fully saturated rings. The molecule has 20 heavy (non-hydrogen) atoms. The highest BCUT2D eigenvalue weighted by Crippen LogP contribution is 2.18. The second-order valence-electron chi connectivity index (χ2n) is 4.89. The van der Waals surface area contributed by atoms with Gasteiger partial charge in [0, 0.05) is 23.7 Å². The van der Waals surface area contributed by atoms with Gasteiger partial charge < -0.3 is 15.0 Å². The van der Waals surface area contributed by atoms with E-state index < -0.39 is 0 Å². The molecule has 2 rings (SSSR count). The van der Waals surface area contributed by atoms with Gasteiger partial charge in [-0.05, 0) is 33.2 Å². The molecule has 0 saturated heterocycles. The normalized spacial score (nSPS) is 10.8. The molecule has 0 bridgehead atoms. The van der Waals surface area contributed by atoms with Gasteiger partial charge in [0.25, 0.3) is 0 Å². The summed E-state index contributed by atoms with van der Waals surface area (Å²) in [6.07, 6.45) is 0. The Balaban J connectivity index is 1.85. The van der Waals surface area contributed by atoms with E-state index >= 15 is 0 Å². The zero-order valence-corrected chi connectivity index (χ0v) is 13.0. The van der Waals surface area contributed by atoms with E-state index in [1.807, 2.05) is 45.3 Å². The Kier molecular flexibility index (Phi) is 5.38. The van der Waals surface area contributed by atoms with Gasteiger partial charge in [-0.3, -0.25) is 0 Å². The second-order valence-corrected chi connectivity index (χ2v) is 5.95. The summed E-state index contributed by atoms with van der Waals surface area (Å²) in [5, 5.41) is 6.55. The Morgan fingerprint density at radius 3 is 2.90 bits per heavy atom. The first-order chi connectivity index (χ1) is 9.63. The highest BCUT2D eigenvalue weighted by Gasteiger charge is 2.00. The minimum Gasteiger partial charge on any atom is -0.492 e. The summed E-state index contributed by atoms with van der Waals surface area (Å²) < 4.78 is 5.72. The molecule has 4 nitrogen and oxygen atoms in total. The highest BCUT2D eigenvalue weighted by molar-refractivity contribution is 7.09. The predicted molar refractivity (Wildman–Crippen MR) is 84.7 cm³/mol. The van der Waals surface area contributed by atoms with Gasteiger partial charge in [0.15, 0.2) is 0 Å². The molecule has 5 heteroatoms.